The predicted octanol–water partition coefficient (Wildman–Crippen LogP) is 6.04. The summed E-state index contributed by atoms with van der Waals surface area (Å²) in [5, 5.41) is 0.775. The van der Waals surface area contributed by atoms with Crippen LogP contribution in [0.15, 0.2) is 67.0 Å². The molecule has 2 aromatic carbocycles. The van der Waals surface area contributed by atoms with Crippen molar-refractivity contribution in [1.82, 2.24) is 19.5 Å². The second-order valence-corrected chi connectivity index (χ2v) is 26.2. The molecule has 1 aliphatic rings. The second kappa shape index (κ2) is 13.9. The third-order valence-corrected chi connectivity index (χ3v) is 20.5. The molecule has 3 heterocycles. The number of nitrogens with zero attached hydrogens (tertiary/aromatic N) is 4. The number of anilines is 1. The first-order valence-corrected chi connectivity index (χ1v) is 22.9. The summed E-state index contributed by atoms with van der Waals surface area (Å²) in [6.45, 7) is 14.4. The van der Waals surface area contributed by atoms with Gasteiger partial charge in [-0.25, -0.2) is 4.98 Å². The minimum absolute atomic E-state index is 0.0337. The van der Waals surface area contributed by atoms with E-state index in [0.29, 0.717) is 0 Å². The second-order valence-electron chi connectivity index (χ2n) is 15.6. The zero-order valence-corrected chi connectivity index (χ0v) is 33.2. The minimum atomic E-state index is -6.10. The molecule has 4 aromatic rings. The van der Waals surface area contributed by atoms with Crippen molar-refractivity contribution in [1.29, 1.82) is 0 Å². The third-order valence-electron chi connectivity index (χ3n) is 10.0. The van der Waals surface area contributed by atoms with Gasteiger partial charge in [-0.3, -0.25) is 8.75 Å². The normalized spacial score (nSPS) is 20.8. The lowest BCUT2D eigenvalue weighted by atomic mass is 9.99. The van der Waals surface area contributed by atoms with E-state index in [1.807, 2.05) is 115 Å². The highest BCUT2D eigenvalue weighted by Gasteiger charge is 2.59. The molecule has 52 heavy (non-hydrogen) atoms. The molecule has 0 amide bonds. The number of ether oxygens (including phenoxy) is 1. The zero-order valence-electron chi connectivity index (χ0n) is 30.4. The van der Waals surface area contributed by atoms with E-state index in [-0.39, 0.29) is 28.4 Å². The van der Waals surface area contributed by atoms with Crippen molar-refractivity contribution in [3.05, 3.63) is 73.1 Å². The number of halogens is 4. The van der Waals surface area contributed by atoms with Crippen molar-refractivity contribution in [3.8, 4) is 0 Å². The molecule has 0 saturated carbocycles. The Morgan fingerprint density at radius 1 is 0.923 bits per heavy atom. The summed E-state index contributed by atoms with van der Waals surface area (Å²) < 4.78 is 108. The molecule has 2 N–H and O–H groups in total. The molecular weight excluding hydrogens is 739 g/mol. The molecule has 0 spiro atoms. The van der Waals surface area contributed by atoms with Crippen molar-refractivity contribution in [2.24, 2.45) is 0 Å². The Hall–Kier alpha value is -3.27. The van der Waals surface area contributed by atoms with Crippen LogP contribution in [0, 0.1) is 6.08 Å². The van der Waals surface area contributed by atoms with E-state index in [1.54, 1.807) is 0 Å². The maximum Gasteiger partial charge on any atom is 0.523 e. The van der Waals surface area contributed by atoms with Crippen LogP contribution < -0.4 is 16.1 Å². The van der Waals surface area contributed by atoms with Crippen LogP contribution in [0.25, 0.3) is 11.2 Å². The lowest BCUT2D eigenvalue weighted by Gasteiger charge is -2.47. The van der Waals surface area contributed by atoms with E-state index in [2.05, 4.69) is 15.0 Å². The van der Waals surface area contributed by atoms with Crippen LogP contribution in [0.2, 0.25) is 23.2 Å². The Kier molecular flexibility index (Phi) is 10.6. The third kappa shape index (κ3) is 7.43. The van der Waals surface area contributed by atoms with Gasteiger partial charge in [0.05, 0.1) is 19.0 Å². The van der Waals surface area contributed by atoms with Crippen LogP contribution >= 0.6 is 0 Å². The van der Waals surface area contributed by atoms with Gasteiger partial charge in [0, 0.05) is 6.42 Å². The van der Waals surface area contributed by atoms with E-state index >= 15 is 0 Å². The van der Waals surface area contributed by atoms with Crippen molar-refractivity contribution in [2.45, 2.75) is 94.6 Å². The van der Waals surface area contributed by atoms with E-state index in [0.717, 1.165) is 10.4 Å². The number of alkyl halides is 3. The van der Waals surface area contributed by atoms with Gasteiger partial charge in [-0.1, -0.05) is 102 Å². The number of imidazole rings is 1. The molecule has 5 rings (SSSR count). The molecule has 0 bridgehead atoms. The number of nitrogens with two attached hydrogens (primary N) is 1. The van der Waals surface area contributed by atoms with Crippen molar-refractivity contribution in [2.75, 3.05) is 18.9 Å². The highest BCUT2D eigenvalue weighted by Crippen LogP contribution is 2.47. The SMILES string of the molecule is CC(C)(C)[Si](C)(C)O[C@H]1C[C@H](n2cnc3c(N)nc(F)nc32)O[C@@]1(CO[Si](c1ccccc1)(c1ccccc1)C(C)(C)C)COS(=O)(=O)C(F)(F)F. The van der Waals surface area contributed by atoms with Crippen molar-refractivity contribution in [3.63, 3.8) is 0 Å². The number of aromatic nitrogens is 4. The Balaban J connectivity index is 1.72. The minimum Gasteiger partial charge on any atom is -0.411 e. The Bertz CT molecular complexity index is 1950. The fraction of sp³-hybridized carbons (Fsp3) is 0.500. The van der Waals surface area contributed by atoms with Gasteiger partial charge >= 0.3 is 21.7 Å². The lowest BCUT2D eigenvalue weighted by Crippen LogP contribution is -2.68. The number of benzene rings is 2. The molecular formula is C34H45F4N5O6SSi2. The highest BCUT2D eigenvalue weighted by atomic mass is 32.2. The van der Waals surface area contributed by atoms with Gasteiger partial charge < -0.3 is 19.3 Å². The summed E-state index contributed by atoms with van der Waals surface area (Å²) in [7, 11) is -12.3. The summed E-state index contributed by atoms with van der Waals surface area (Å²) in [4.78, 5) is 11.6. The standard InChI is InChI=1S/C34H45F4N5O6SSi2/c1-31(2,3)51(7,8)49-25-19-26(43-22-40-27-28(39)41-30(35)42-29(27)43)48-33(25,20-46-50(44,45)34(36,37)38)21-47-52(32(4,5)6,23-15-11-9-12-16-23)24-17-13-10-14-18-24/h9-18,22,25-26H,19-21H2,1-8H3,(H2,39,41,42)/t25-,26+,33+/m0/s1. The van der Waals surface area contributed by atoms with Gasteiger partial charge in [0.25, 0.3) is 8.32 Å². The van der Waals surface area contributed by atoms with Crippen molar-refractivity contribution >= 4 is 54.1 Å². The number of rotatable bonds is 11. The van der Waals surface area contributed by atoms with Crippen LogP contribution in [-0.4, -0.2) is 75.0 Å². The molecule has 18 heteroatoms. The number of fused-ring (bicyclic) bond motifs is 1. The quantitative estimate of drug-likeness (QED) is 0.0630. The summed E-state index contributed by atoms with van der Waals surface area (Å²) in [6.07, 6.45) is -2.05. The van der Waals surface area contributed by atoms with Gasteiger partial charge in [-0.2, -0.15) is 35.9 Å². The van der Waals surface area contributed by atoms with Gasteiger partial charge in [-0.05, 0) is 33.5 Å². The number of hydrogen-bond acceptors (Lipinski definition) is 10. The Labute approximate surface area is 303 Å². The zero-order chi connectivity index (χ0) is 38.5. The molecule has 0 unspecified atom stereocenters. The van der Waals surface area contributed by atoms with E-state index in [1.165, 1.54) is 10.9 Å². The molecule has 284 valence electrons. The molecule has 1 aliphatic heterocycles. The molecule has 1 saturated heterocycles. The van der Waals surface area contributed by atoms with Crippen LogP contribution in [0.3, 0.4) is 0 Å². The van der Waals surface area contributed by atoms with Crippen LogP contribution in [0.4, 0.5) is 23.4 Å². The Morgan fingerprint density at radius 2 is 1.48 bits per heavy atom. The molecule has 11 nitrogen and oxygen atoms in total. The average molecular weight is 784 g/mol. The van der Waals surface area contributed by atoms with Gasteiger partial charge in [0.1, 0.15) is 18.4 Å². The number of hydrogen-bond donors (Lipinski definition) is 1. The smallest absolute Gasteiger partial charge is 0.411 e. The summed E-state index contributed by atoms with van der Waals surface area (Å²) >= 11 is 0. The fourth-order valence-electron chi connectivity index (χ4n) is 6.30. The molecule has 3 atom stereocenters. The molecule has 2 aromatic heterocycles. The van der Waals surface area contributed by atoms with E-state index in [9.17, 15) is 26.0 Å². The summed E-state index contributed by atoms with van der Waals surface area (Å²) in [6, 6.07) is 19.0. The van der Waals surface area contributed by atoms with Crippen LogP contribution in [0.1, 0.15) is 54.2 Å². The maximum absolute atomic E-state index is 14.5. The highest BCUT2D eigenvalue weighted by molar-refractivity contribution is 7.87. The summed E-state index contributed by atoms with van der Waals surface area (Å²) in [5.74, 6) is -0.228. The lowest BCUT2D eigenvalue weighted by molar-refractivity contribution is -0.141. The van der Waals surface area contributed by atoms with E-state index in [4.69, 9.17) is 23.5 Å². The van der Waals surface area contributed by atoms with Crippen molar-refractivity contribution < 1.29 is 43.8 Å². The van der Waals surface area contributed by atoms with E-state index < -0.39 is 74.5 Å². The Morgan fingerprint density at radius 3 is 1.98 bits per heavy atom. The first-order valence-electron chi connectivity index (χ1n) is 16.7. The fourth-order valence-corrected chi connectivity index (χ4v) is 12.8. The monoisotopic (exact) mass is 783 g/mol. The van der Waals surface area contributed by atoms with Crippen LogP contribution in [0.5, 0.6) is 0 Å². The topological polar surface area (TPSA) is 141 Å². The predicted molar refractivity (Wildman–Crippen MR) is 194 cm³/mol. The average Bonchev–Trinajstić information content (AvgIpc) is 3.61. The summed E-state index contributed by atoms with van der Waals surface area (Å²) in [5.41, 5.74) is -1.71. The van der Waals surface area contributed by atoms with Gasteiger partial charge in [0.2, 0.25) is 0 Å². The first-order chi connectivity index (χ1) is 23.9. The van der Waals surface area contributed by atoms with Crippen LogP contribution in [-0.2, 0) is 27.9 Å². The number of nitrogen functional groups attached to an aromatic ring is 1. The van der Waals surface area contributed by atoms with Gasteiger partial charge in [0.15, 0.2) is 25.3 Å². The maximum atomic E-state index is 14.5. The van der Waals surface area contributed by atoms with Gasteiger partial charge in [-0.15, -0.1) is 0 Å². The molecule has 0 aliphatic carbocycles. The largest absolute Gasteiger partial charge is 0.523 e. The first kappa shape index (κ1) is 39.9. The molecule has 0 radical (unpaired) electrons. The molecule has 1 fully saturated rings.